The summed E-state index contributed by atoms with van der Waals surface area (Å²) >= 11 is 0. The van der Waals surface area contributed by atoms with Crippen molar-refractivity contribution < 1.29 is 26.7 Å². The lowest BCUT2D eigenvalue weighted by molar-refractivity contribution is -0.144. The van der Waals surface area contributed by atoms with Gasteiger partial charge in [-0.15, -0.1) is 0 Å². The van der Waals surface area contributed by atoms with Gasteiger partial charge in [0, 0.05) is 0 Å². The van der Waals surface area contributed by atoms with E-state index in [-0.39, 0.29) is 0 Å². The number of carbonyl (C=O) groups excluding carboxylic acids is 1. The number of hydrogen-bond donors (Lipinski definition) is 0. The van der Waals surface area contributed by atoms with Crippen LogP contribution in [0, 0.1) is 17.6 Å². The molecule has 0 fully saturated rings. The lowest BCUT2D eigenvalue weighted by Crippen LogP contribution is -2.23. The molecule has 18 heavy (non-hydrogen) atoms. The van der Waals surface area contributed by atoms with Crippen molar-refractivity contribution in [2.24, 2.45) is 5.92 Å². The van der Waals surface area contributed by atoms with Crippen molar-refractivity contribution in [3.05, 3.63) is 29.8 Å². The molecule has 0 bridgehead atoms. The number of methoxy groups -OCH3 is 1. The highest BCUT2D eigenvalue weighted by atomic mass is 32.2. The van der Waals surface area contributed by atoms with E-state index in [9.17, 15) is 22.0 Å². The molecule has 7 heteroatoms. The Morgan fingerprint density at radius 1 is 1.39 bits per heavy atom. The summed E-state index contributed by atoms with van der Waals surface area (Å²) in [5, 5.41) is 0. The molecule has 0 aromatic heterocycles. The standard InChI is InChI=1S/C11H12F2O4S/c1-7(11(14)17-2)6-18(15,16)10-5-8(12)3-4-9(10)13/h3-5,7H,6H2,1-2H3. The number of hydrogen-bond acceptors (Lipinski definition) is 4. The molecule has 0 N–H and O–H groups in total. The number of halogens is 2. The van der Waals surface area contributed by atoms with Crippen LogP contribution < -0.4 is 0 Å². The lowest BCUT2D eigenvalue weighted by atomic mass is 10.2. The van der Waals surface area contributed by atoms with Crippen LogP contribution >= 0.6 is 0 Å². The maximum Gasteiger partial charge on any atom is 0.309 e. The molecule has 0 aliphatic carbocycles. The first-order valence-corrected chi connectivity index (χ1v) is 6.69. The highest BCUT2D eigenvalue weighted by molar-refractivity contribution is 7.91. The smallest absolute Gasteiger partial charge is 0.309 e. The summed E-state index contributed by atoms with van der Waals surface area (Å²) in [6, 6.07) is 2.14. The van der Waals surface area contributed by atoms with Crippen molar-refractivity contribution in [1.29, 1.82) is 0 Å². The molecule has 1 atom stereocenters. The van der Waals surface area contributed by atoms with Gasteiger partial charge in [0.2, 0.25) is 0 Å². The Morgan fingerprint density at radius 3 is 2.56 bits per heavy atom. The van der Waals surface area contributed by atoms with E-state index in [0.29, 0.717) is 6.07 Å². The summed E-state index contributed by atoms with van der Waals surface area (Å²) in [5.41, 5.74) is 0. The molecular weight excluding hydrogens is 266 g/mol. The van der Waals surface area contributed by atoms with Gasteiger partial charge in [-0.25, -0.2) is 17.2 Å². The van der Waals surface area contributed by atoms with Gasteiger partial charge in [0.1, 0.15) is 16.5 Å². The van der Waals surface area contributed by atoms with E-state index >= 15 is 0 Å². The van der Waals surface area contributed by atoms with Gasteiger partial charge in [0.25, 0.3) is 0 Å². The van der Waals surface area contributed by atoms with Gasteiger partial charge >= 0.3 is 5.97 Å². The maximum atomic E-state index is 13.3. The summed E-state index contributed by atoms with van der Waals surface area (Å²) in [5.74, 6) is -4.23. The molecule has 0 heterocycles. The fourth-order valence-corrected chi connectivity index (χ4v) is 3.03. The number of rotatable bonds is 4. The van der Waals surface area contributed by atoms with E-state index in [4.69, 9.17) is 0 Å². The van der Waals surface area contributed by atoms with Gasteiger partial charge in [-0.1, -0.05) is 6.92 Å². The largest absolute Gasteiger partial charge is 0.469 e. The van der Waals surface area contributed by atoms with Crippen molar-refractivity contribution >= 4 is 15.8 Å². The van der Waals surface area contributed by atoms with Crippen molar-refractivity contribution in [1.82, 2.24) is 0 Å². The first kappa shape index (κ1) is 14.6. The van der Waals surface area contributed by atoms with Crippen LogP contribution in [0.25, 0.3) is 0 Å². The van der Waals surface area contributed by atoms with Crippen LogP contribution in [0.3, 0.4) is 0 Å². The van der Waals surface area contributed by atoms with E-state index in [1.165, 1.54) is 6.92 Å². The number of esters is 1. The molecule has 0 aliphatic heterocycles. The zero-order valence-corrected chi connectivity index (χ0v) is 10.6. The van der Waals surface area contributed by atoms with Crippen LogP contribution in [0.1, 0.15) is 6.92 Å². The molecule has 0 saturated heterocycles. The van der Waals surface area contributed by atoms with Crippen molar-refractivity contribution in [3.63, 3.8) is 0 Å². The minimum Gasteiger partial charge on any atom is -0.469 e. The quantitative estimate of drug-likeness (QED) is 0.784. The van der Waals surface area contributed by atoms with Crippen LogP contribution in [0.5, 0.6) is 0 Å². The predicted molar refractivity (Wildman–Crippen MR) is 59.6 cm³/mol. The molecule has 0 saturated carbocycles. The average Bonchev–Trinajstić information content (AvgIpc) is 2.30. The maximum absolute atomic E-state index is 13.3. The lowest BCUT2D eigenvalue weighted by Gasteiger charge is -2.10. The molecule has 0 radical (unpaired) electrons. The third-order valence-electron chi connectivity index (χ3n) is 2.30. The van der Waals surface area contributed by atoms with Crippen LogP contribution in [0.15, 0.2) is 23.1 Å². The van der Waals surface area contributed by atoms with E-state index in [0.717, 1.165) is 19.2 Å². The zero-order valence-electron chi connectivity index (χ0n) is 9.81. The minimum absolute atomic E-state index is 0.592. The molecule has 0 aliphatic rings. The molecule has 0 amide bonds. The monoisotopic (exact) mass is 278 g/mol. The Kier molecular flexibility index (Phi) is 4.39. The Morgan fingerprint density at radius 2 is 2.00 bits per heavy atom. The number of sulfone groups is 1. The second-order valence-electron chi connectivity index (χ2n) is 3.78. The molecule has 1 unspecified atom stereocenters. The van der Waals surface area contributed by atoms with Crippen molar-refractivity contribution in [2.75, 3.05) is 12.9 Å². The fraction of sp³-hybridized carbons (Fsp3) is 0.364. The average molecular weight is 278 g/mol. The van der Waals surface area contributed by atoms with Crippen LogP contribution in [-0.4, -0.2) is 27.2 Å². The van der Waals surface area contributed by atoms with Crippen LogP contribution in [0.2, 0.25) is 0 Å². The topological polar surface area (TPSA) is 60.4 Å². The normalized spacial score (nSPS) is 13.1. The van der Waals surface area contributed by atoms with Gasteiger partial charge in [-0.3, -0.25) is 4.79 Å². The van der Waals surface area contributed by atoms with Gasteiger partial charge < -0.3 is 4.74 Å². The molecule has 1 aromatic carbocycles. The predicted octanol–water partition coefficient (Wildman–Crippen LogP) is 1.55. The highest BCUT2D eigenvalue weighted by Gasteiger charge is 2.26. The van der Waals surface area contributed by atoms with E-state index in [1.807, 2.05) is 0 Å². The van der Waals surface area contributed by atoms with Gasteiger partial charge in [-0.05, 0) is 18.2 Å². The van der Waals surface area contributed by atoms with E-state index in [2.05, 4.69) is 4.74 Å². The summed E-state index contributed by atoms with van der Waals surface area (Å²) in [4.78, 5) is 10.4. The Hall–Kier alpha value is -1.50. The van der Waals surface area contributed by atoms with Gasteiger partial charge in [0.15, 0.2) is 9.84 Å². The minimum atomic E-state index is -4.08. The van der Waals surface area contributed by atoms with E-state index < -0.39 is 44.0 Å². The third-order valence-corrected chi connectivity index (χ3v) is 4.22. The van der Waals surface area contributed by atoms with Gasteiger partial charge in [0.05, 0.1) is 18.8 Å². The van der Waals surface area contributed by atoms with Gasteiger partial charge in [-0.2, -0.15) is 0 Å². The van der Waals surface area contributed by atoms with Crippen LogP contribution in [0.4, 0.5) is 8.78 Å². The zero-order chi connectivity index (χ0) is 13.9. The fourth-order valence-electron chi connectivity index (χ4n) is 1.40. The summed E-state index contributed by atoms with van der Waals surface area (Å²) in [6.45, 7) is 1.33. The van der Waals surface area contributed by atoms with Crippen molar-refractivity contribution in [2.45, 2.75) is 11.8 Å². The highest BCUT2D eigenvalue weighted by Crippen LogP contribution is 2.19. The molecule has 1 aromatic rings. The Labute approximate surface area is 103 Å². The first-order valence-electron chi connectivity index (χ1n) is 5.03. The summed E-state index contributed by atoms with van der Waals surface area (Å²) < 4.78 is 54.3. The Balaban J connectivity index is 3.07. The first-order chi connectivity index (χ1) is 8.27. The summed E-state index contributed by atoms with van der Waals surface area (Å²) in [6.07, 6.45) is 0. The third kappa shape index (κ3) is 3.25. The molecular formula is C11H12F2O4S. The number of ether oxygens (including phenoxy) is 1. The molecule has 4 nitrogen and oxygen atoms in total. The van der Waals surface area contributed by atoms with E-state index in [1.54, 1.807) is 0 Å². The molecule has 0 spiro atoms. The number of carbonyl (C=O) groups is 1. The SMILES string of the molecule is COC(=O)C(C)CS(=O)(=O)c1cc(F)ccc1F. The Bertz CT molecular complexity index is 554. The van der Waals surface area contributed by atoms with Crippen LogP contribution in [-0.2, 0) is 19.4 Å². The number of benzene rings is 1. The second kappa shape index (κ2) is 5.43. The molecule has 100 valence electrons. The molecule has 1 rings (SSSR count). The summed E-state index contributed by atoms with van der Waals surface area (Å²) in [7, 11) is -2.96. The van der Waals surface area contributed by atoms with Crippen molar-refractivity contribution in [3.8, 4) is 0 Å². The second-order valence-corrected chi connectivity index (χ2v) is 5.78.